The van der Waals surface area contributed by atoms with Crippen molar-refractivity contribution in [2.45, 2.75) is 20.8 Å². The summed E-state index contributed by atoms with van der Waals surface area (Å²) in [7, 11) is 0. The zero-order valence-electron chi connectivity index (χ0n) is 10.8. The van der Waals surface area contributed by atoms with E-state index >= 15 is 0 Å². The molecule has 94 valence electrons. The highest BCUT2D eigenvalue weighted by molar-refractivity contribution is 5.92. The number of aromatic amines is 1. The van der Waals surface area contributed by atoms with Crippen molar-refractivity contribution in [3.63, 3.8) is 0 Å². The molecule has 1 heterocycles. The zero-order chi connectivity index (χ0) is 13.1. The molecule has 0 unspecified atom stereocenters. The lowest BCUT2D eigenvalue weighted by atomic mass is 10.1. The molecule has 1 aromatic heterocycles. The van der Waals surface area contributed by atoms with Gasteiger partial charge in [0.2, 0.25) is 5.91 Å². The molecule has 0 fully saturated rings. The third-order valence-electron chi connectivity index (χ3n) is 2.76. The predicted molar refractivity (Wildman–Crippen MR) is 72.2 cm³/mol. The summed E-state index contributed by atoms with van der Waals surface area (Å²) < 4.78 is 0. The van der Waals surface area contributed by atoms with Crippen molar-refractivity contribution in [3.05, 3.63) is 36.3 Å². The first-order chi connectivity index (χ1) is 8.58. The normalized spacial score (nSPS) is 10.7. The summed E-state index contributed by atoms with van der Waals surface area (Å²) in [5.74, 6) is -0.00771. The number of hydrogen-bond acceptors (Lipinski definition) is 2. The van der Waals surface area contributed by atoms with Crippen LogP contribution >= 0.6 is 0 Å². The summed E-state index contributed by atoms with van der Waals surface area (Å²) in [5, 5.41) is 2.89. The minimum atomic E-state index is -0.0271. The lowest BCUT2D eigenvalue weighted by Crippen LogP contribution is -2.17. The van der Waals surface area contributed by atoms with Crippen molar-refractivity contribution in [1.29, 1.82) is 0 Å². The Morgan fingerprint density at radius 1 is 1.39 bits per heavy atom. The molecule has 0 aliphatic rings. The van der Waals surface area contributed by atoms with Gasteiger partial charge in [-0.1, -0.05) is 26.0 Å². The third kappa shape index (κ3) is 2.59. The Balaban J connectivity index is 2.26. The van der Waals surface area contributed by atoms with Crippen LogP contribution < -0.4 is 5.32 Å². The molecule has 4 heteroatoms. The Hall–Kier alpha value is -2.10. The molecule has 0 aliphatic carbocycles. The Kier molecular flexibility index (Phi) is 3.46. The molecule has 0 atom stereocenters. The molecular weight excluding hydrogens is 226 g/mol. The van der Waals surface area contributed by atoms with E-state index in [-0.39, 0.29) is 11.8 Å². The smallest absolute Gasteiger partial charge is 0.226 e. The summed E-state index contributed by atoms with van der Waals surface area (Å²) in [6.45, 7) is 5.72. The quantitative estimate of drug-likeness (QED) is 0.870. The van der Waals surface area contributed by atoms with Crippen molar-refractivity contribution in [2.75, 3.05) is 5.32 Å². The average molecular weight is 243 g/mol. The van der Waals surface area contributed by atoms with E-state index in [2.05, 4.69) is 15.3 Å². The van der Waals surface area contributed by atoms with Gasteiger partial charge in [-0.2, -0.15) is 0 Å². The van der Waals surface area contributed by atoms with Crippen LogP contribution in [0.2, 0.25) is 0 Å². The first-order valence-corrected chi connectivity index (χ1v) is 5.99. The van der Waals surface area contributed by atoms with Gasteiger partial charge in [-0.15, -0.1) is 0 Å². The van der Waals surface area contributed by atoms with Gasteiger partial charge in [0.25, 0.3) is 0 Å². The summed E-state index contributed by atoms with van der Waals surface area (Å²) in [4.78, 5) is 19.0. The Bertz CT molecular complexity index is 558. The van der Waals surface area contributed by atoms with Crippen molar-refractivity contribution in [2.24, 2.45) is 5.92 Å². The molecule has 2 rings (SSSR count). The Labute approximate surface area is 106 Å². The fourth-order valence-corrected chi connectivity index (χ4v) is 1.68. The number of amides is 1. The van der Waals surface area contributed by atoms with Gasteiger partial charge in [0, 0.05) is 22.9 Å². The number of rotatable bonds is 3. The van der Waals surface area contributed by atoms with Crippen molar-refractivity contribution in [1.82, 2.24) is 9.97 Å². The molecule has 4 nitrogen and oxygen atoms in total. The first kappa shape index (κ1) is 12.4. The highest BCUT2D eigenvalue weighted by Gasteiger charge is 2.09. The maximum absolute atomic E-state index is 11.6. The molecule has 18 heavy (non-hydrogen) atoms. The number of H-pyrrole nitrogens is 1. The maximum Gasteiger partial charge on any atom is 0.226 e. The molecule has 0 radical (unpaired) electrons. The van der Waals surface area contributed by atoms with E-state index in [1.54, 1.807) is 6.33 Å². The van der Waals surface area contributed by atoms with Crippen LogP contribution in [0.4, 0.5) is 5.69 Å². The second-order valence-corrected chi connectivity index (χ2v) is 4.60. The SMILES string of the molecule is Cc1[nH]cnc1-c1cccc(NC(=O)C(C)C)c1. The van der Waals surface area contributed by atoms with Crippen LogP contribution in [0, 0.1) is 12.8 Å². The van der Waals surface area contributed by atoms with E-state index in [0.717, 1.165) is 22.6 Å². The van der Waals surface area contributed by atoms with Gasteiger partial charge in [-0.3, -0.25) is 4.79 Å². The van der Waals surface area contributed by atoms with Crippen molar-refractivity contribution in [3.8, 4) is 11.3 Å². The fraction of sp³-hybridized carbons (Fsp3) is 0.286. The van der Waals surface area contributed by atoms with Gasteiger partial charge >= 0.3 is 0 Å². The number of nitrogens with one attached hydrogen (secondary N) is 2. The van der Waals surface area contributed by atoms with Crippen LogP contribution in [0.5, 0.6) is 0 Å². The summed E-state index contributed by atoms with van der Waals surface area (Å²) in [6, 6.07) is 7.71. The van der Waals surface area contributed by atoms with Crippen LogP contribution in [0.3, 0.4) is 0 Å². The monoisotopic (exact) mass is 243 g/mol. The van der Waals surface area contributed by atoms with Gasteiger partial charge < -0.3 is 10.3 Å². The van der Waals surface area contributed by atoms with E-state index in [9.17, 15) is 4.79 Å². The number of imidazole rings is 1. The number of anilines is 1. The number of carbonyl (C=O) groups excluding carboxylic acids is 1. The molecule has 1 amide bonds. The first-order valence-electron chi connectivity index (χ1n) is 5.99. The second kappa shape index (κ2) is 5.04. The summed E-state index contributed by atoms with van der Waals surface area (Å²) in [5.41, 5.74) is 3.72. The predicted octanol–water partition coefficient (Wildman–Crippen LogP) is 2.98. The molecule has 2 N–H and O–H groups in total. The number of carbonyl (C=O) groups is 1. The summed E-state index contributed by atoms with van der Waals surface area (Å²) >= 11 is 0. The lowest BCUT2D eigenvalue weighted by Gasteiger charge is -2.08. The molecule has 0 aliphatic heterocycles. The van der Waals surface area contributed by atoms with E-state index in [1.807, 2.05) is 45.0 Å². The molecule has 1 aromatic carbocycles. The molecule has 0 saturated heterocycles. The minimum Gasteiger partial charge on any atom is -0.348 e. The van der Waals surface area contributed by atoms with Crippen LogP contribution in [-0.4, -0.2) is 15.9 Å². The van der Waals surface area contributed by atoms with E-state index in [1.165, 1.54) is 0 Å². The maximum atomic E-state index is 11.6. The van der Waals surface area contributed by atoms with Crippen molar-refractivity contribution < 1.29 is 4.79 Å². The summed E-state index contributed by atoms with van der Waals surface area (Å²) in [6.07, 6.45) is 1.67. The second-order valence-electron chi connectivity index (χ2n) is 4.60. The number of nitrogens with zero attached hydrogens (tertiary/aromatic N) is 1. The van der Waals surface area contributed by atoms with Crippen LogP contribution in [0.25, 0.3) is 11.3 Å². The van der Waals surface area contributed by atoms with Crippen LogP contribution in [0.15, 0.2) is 30.6 Å². The third-order valence-corrected chi connectivity index (χ3v) is 2.76. The van der Waals surface area contributed by atoms with Gasteiger partial charge in [0.1, 0.15) is 0 Å². The Morgan fingerprint density at radius 3 is 2.78 bits per heavy atom. The van der Waals surface area contributed by atoms with Gasteiger partial charge in [0.15, 0.2) is 0 Å². The lowest BCUT2D eigenvalue weighted by molar-refractivity contribution is -0.118. The van der Waals surface area contributed by atoms with Crippen molar-refractivity contribution >= 4 is 11.6 Å². The Morgan fingerprint density at radius 2 is 2.17 bits per heavy atom. The number of hydrogen-bond donors (Lipinski definition) is 2. The minimum absolute atomic E-state index is 0.0194. The molecule has 0 spiro atoms. The van der Waals surface area contributed by atoms with Crippen LogP contribution in [-0.2, 0) is 4.79 Å². The van der Waals surface area contributed by atoms with Crippen LogP contribution in [0.1, 0.15) is 19.5 Å². The molecule has 2 aromatic rings. The van der Waals surface area contributed by atoms with Gasteiger partial charge in [-0.05, 0) is 19.1 Å². The van der Waals surface area contributed by atoms with E-state index in [4.69, 9.17) is 0 Å². The highest BCUT2D eigenvalue weighted by atomic mass is 16.1. The number of benzene rings is 1. The van der Waals surface area contributed by atoms with Gasteiger partial charge in [0.05, 0.1) is 12.0 Å². The van der Waals surface area contributed by atoms with E-state index in [0.29, 0.717) is 0 Å². The number of aryl methyl sites for hydroxylation is 1. The largest absolute Gasteiger partial charge is 0.348 e. The number of aromatic nitrogens is 2. The molecule has 0 saturated carbocycles. The molecule has 0 bridgehead atoms. The van der Waals surface area contributed by atoms with E-state index < -0.39 is 0 Å². The van der Waals surface area contributed by atoms with Gasteiger partial charge in [-0.25, -0.2) is 4.98 Å². The average Bonchev–Trinajstić information content (AvgIpc) is 2.75. The molecular formula is C14H17N3O. The topological polar surface area (TPSA) is 57.8 Å². The standard InChI is InChI=1S/C14H17N3O/c1-9(2)14(18)17-12-6-4-5-11(7-12)13-10(3)15-8-16-13/h4-9H,1-3H3,(H,15,16)(H,17,18). The highest BCUT2D eigenvalue weighted by Crippen LogP contribution is 2.23. The zero-order valence-corrected chi connectivity index (χ0v) is 10.8. The fourth-order valence-electron chi connectivity index (χ4n) is 1.68.